The summed E-state index contributed by atoms with van der Waals surface area (Å²) in [5.74, 6) is -0.554. The van der Waals surface area contributed by atoms with Crippen molar-refractivity contribution in [2.75, 3.05) is 6.61 Å². The van der Waals surface area contributed by atoms with E-state index >= 15 is 0 Å². The van der Waals surface area contributed by atoms with Crippen LogP contribution in [0.15, 0.2) is 0 Å². The van der Waals surface area contributed by atoms with E-state index in [2.05, 4.69) is 0 Å². The summed E-state index contributed by atoms with van der Waals surface area (Å²) < 4.78 is 10.1. The molecular weight excluding hydrogens is 224 g/mol. The molecule has 5 nitrogen and oxygen atoms in total. The van der Waals surface area contributed by atoms with Gasteiger partial charge >= 0.3 is 11.9 Å². The van der Waals surface area contributed by atoms with Gasteiger partial charge < -0.3 is 14.6 Å². The lowest BCUT2D eigenvalue weighted by molar-refractivity contribution is -0.190. The topological polar surface area (TPSA) is 72.8 Å². The second-order valence-electron chi connectivity index (χ2n) is 4.80. The van der Waals surface area contributed by atoms with Crippen molar-refractivity contribution < 1.29 is 24.2 Å². The molecule has 17 heavy (non-hydrogen) atoms. The standard InChI is InChI=1S/C12H20O5/c1-7(2)12(15)17-11(16-8(3)14)5-9-4-10(9)6-13/h7,9-11,13H,4-6H2,1-3H3. The maximum atomic E-state index is 11.4. The SMILES string of the molecule is CC(=O)OC(CC1CC1CO)OC(=O)C(C)C. The molecule has 0 aromatic rings. The summed E-state index contributed by atoms with van der Waals surface area (Å²) in [6.45, 7) is 4.86. The molecule has 1 fully saturated rings. The van der Waals surface area contributed by atoms with Crippen molar-refractivity contribution >= 4 is 11.9 Å². The highest BCUT2D eigenvalue weighted by Gasteiger charge is 2.39. The lowest BCUT2D eigenvalue weighted by Gasteiger charge is -2.18. The van der Waals surface area contributed by atoms with Crippen molar-refractivity contribution in [3.63, 3.8) is 0 Å². The fourth-order valence-electron chi connectivity index (χ4n) is 1.64. The Hall–Kier alpha value is -1.10. The van der Waals surface area contributed by atoms with E-state index in [0.29, 0.717) is 6.42 Å². The normalized spacial score (nSPS) is 24.3. The highest BCUT2D eigenvalue weighted by Crippen LogP contribution is 2.42. The lowest BCUT2D eigenvalue weighted by atomic mass is 10.2. The molecule has 0 aromatic heterocycles. The van der Waals surface area contributed by atoms with Gasteiger partial charge in [-0.2, -0.15) is 0 Å². The zero-order valence-corrected chi connectivity index (χ0v) is 10.5. The quantitative estimate of drug-likeness (QED) is 0.559. The molecule has 0 saturated heterocycles. The first-order valence-corrected chi connectivity index (χ1v) is 5.92. The molecule has 0 spiro atoms. The molecule has 0 bridgehead atoms. The maximum absolute atomic E-state index is 11.4. The highest BCUT2D eigenvalue weighted by molar-refractivity contribution is 5.72. The summed E-state index contributed by atoms with van der Waals surface area (Å²) in [6, 6.07) is 0. The third kappa shape index (κ3) is 4.73. The van der Waals surface area contributed by atoms with E-state index in [-0.39, 0.29) is 30.3 Å². The molecule has 1 saturated carbocycles. The summed E-state index contributed by atoms with van der Waals surface area (Å²) in [5, 5.41) is 8.93. The van der Waals surface area contributed by atoms with Crippen molar-refractivity contribution in [2.45, 2.75) is 39.9 Å². The molecule has 3 atom stereocenters. The van der Waals surface area contributed by atoms with Crippen LogP contribution in [0.25, 0.3) is 0 Å². The summed E-state index contributed by atoms with van der Waals surface area (Å²) >= 11 is 0. The minimum absolute atomic E-state index is 0.135. The van der Waals surface area contributed by atoms with E-state index in [4.69, 9.17) is 14.6 Å². The van der Waals surface area contributed by atoms with Gasteiger partial charge in [0, 0.05) is 20.0 Å². The van der Waals surface area contributed by atoms with Crippen LogP contribution in [0, 0.1) is 17.8 Å². The molecule has 0 aromatic carbocycles. The molecule has 98 valence electrons. The van der Waals surface area contributed by atoms with Gasteiger partial charge in [0.05, 0.1) is 5.92 Å². The second-order valence-corrected chi connectivity index (χ2v) is 4.80. The van der Waals surface area contributed by atoms with Gasteiger partial charge in [-0.3, -0.25) is 9.59 Å². The van der Waals surface area contributed by atoms with Crippen molar-refractivity contribution in [3.8, 4) is 0 Å². The monoisotopic (exact) mass is 244 g/mol. The molecule has 5 heteroatoms. The van der Waals surface area contributed by atoms with Crippen molar-refractivity contribution in [1.29, 1.82) is 0 Å². The van der Waals surface area contributed by atoms with Gasteiger partial charge in [-0.1, -0.05) is 13.8 Å². The molecule has 3 unspecified atom stereocenters. The summed E-state index contributed by atoms with van der Waals surface area (Å²) in [6.07, 6.45) is 0.556. The number of carbonyl (C=O) groups is 2. The number of esters is 2. The highest BCUT2D eigenvalue weighted by atomic mass is 16.7. The van der Waals surface area contributed by atoms with E-state index < -0.39 is 12.3 Å². The van der Waals surface area contributed by atoms with Gasteiger partial charge in [-0.25, -0.2) is 0 Å². The number of hydrogen-bond donors (Lipinski definition) is 1. The van der Waals surface area contributed by atoms with Crippen LogP contribution < -0.4 is 0 Å². The van der Waals surface area contributed by atoms with Crippen LogP contribution in [0.5, 0.6) is 0 Å². The molecular formula is C12H20O5. The zero-order chi connectivity index (χ0) is 13.0. The van der Waals surface area contributed by atoms with Crippen LogP contribution in [0.1, 0.15) is 33.6 Å². The average Bonchev–Trinajstić information content (AvgIpc) is 2.94. The van der Waals surface area contributed by atoms with Gasteiger partial charge in [-0.15, -0.1) is 0 Å². The number of hydrogen-bond acceptors (Lipinski definition) is 5. The molecule has 1 aliphatic rings. The smallest absolute Gasteiger partial charge is 0.311 e. The van der Waals surface area contributed by atoms with Gasteiger partial charge in [0.1, 0.15) is 0 Å². The van der Waals surface area contributed by atoms with Crippen LogP contribution in [0.3, 0.4) is 0 Å². The Morgan fingerprint density at radius 3 is 2.35 bits per heavy atom. The van der Waals surface area contributed by atoms with Crippen LogP contribution in [0.4, 0.5) is 0 Å². The Labute approximate surface area is 101 Å². The first-order valence-electron chi connectivity index (χ1n) is 5.92. The predicted molar refractivity (Wildman–Crippen MR) is 59.8 cm³/mol. The fraction of sp³-hybridized carbons (Fsp3) is 0.833. The van der Waals surface area contributed by atoms with Crippen LogP contribution in [-0.4, -0.2) is 29.9 Å². The average molecular weight is 244 g/mol. The molecule has 0 aliphatic heterocycles. The first-order chi connectivity index (χ1) is 7.93. The van der Waals surface area contributed by atoms with Crippen molar-refractivity contribution in [3.05, 3.63) is 0 Å². The van der Waals surface area contributed by atoms with Gasteiger partial charge in [0.25, 0.3) is 0 Å². The number of aliphatic hydroxyl groups excluding tert-OH is 1. The number of rotatable bonds is 6. The zero-order valence-electron chi connectivity index (χ0n) is 10.5. The third-order valence-corrected chi connectivity index (χ3v) is 2.82. The number of aliphatic hydroxyl groups is 1. The predicted octanol–water partition coefficient (Wildman–Crippen LogP) is 1.09. The maximum Gasteiger partial charge on any atom is 0.311 e. The Kier molecular flexibility index (Phi) is 4.93. The van der Waals surface area contributed by atoms with Crippen molar-refractivity contribution in [2.24, 2.45) is 17.8 Å². The van der Waals surface area contributed by atoms with Crippen molar-refractivity contribution in [1.82, 2.24) is 0 Å². The largest absolute Gasteiger partial charge is 0.425 e. The van der Waals surface area contributed by atoms with E-state index in [1.807, 2.05) is 0 Å². The molecule has 1 aliphatic carbocycles. The Balaban J connectivity index is 2.43. The number of carbonyl (C=O) groups excluding carboxylic acids is 2. The molecule has 0 heterocycles. The van der Waals surface area contributed by atoms with Crippen LogP contribution in [0.2, 0.25) is 0 Å². The van der Waals surface area contributed by atoms with E-state index in [9.17, 15) is 9.59 Å². The van der Waals surface area contributed by atoms with Gasteiger partial charge in [0.2, 0.25) is 6.29 Å². The third-order valence-electron chi connectivity index (χ3n) is 2.82. The van der Waals surface area contributed by atoms with Gasteiger partial charge in [0.15, 0.2) is 0 Å². The summed E-state index contributed by atoms with van der Waals surface area (Å²) in [5.41, 5.74) is 0. The summed E-state index contributed by atoms with van der Waals surface area (Å²) in [7, 11) is 0. The minimum Gasteiger partial charge on any atom is -0.425 e. The van der Waals surface area contributed by atoms with Gasteiger partial charge in [-0.05, 0) is 18.3 Å². The van der Waals surface area contributed by atoms with E-state index in [1.54, 1.807) is 13.8 Å². The van der Waals surface area contributed by atoms with Crippen LogP contribution >= 0.6 is 0 Å². The lowest BCUT2D eigenvalue weighted by Crippen LogP contribution is -2.26. The first kappa shape index (κ1) is 14.0. The molecule has 1 rings (SSSR count). The van der Waals surface area contributed by atoms with Crippen LogP contribution in [-0.2, 0) is 19.1 Å². The molecule has 0 amide bonds. The second kappa shape index (κ2) is 6.00. The Morgan fingerprint density at radius 2 is 1.94 bits per heavy atom. The molecule has 0 radical (unpaired) electrons. The Bertz CT molecular complexity index is 287. The molecule has 1 N–H and O–H groups in total. The van der Waals surface area contributed by atoms with E-state index in [0.717, 1.165) is 6.42 Å². The fourth-order valence-corrected chi connectivity index (χ4v) is 1.64. The van der Waals surface area contributed by atoms with E-state index in [1.165, 1.54) is 6.92 Å². The summed E-state index contributed by atoms with van der Waals surface area (Å²) in [4.78, 5) is 22.3. The minimum atomic E-state index is -0.816. The Morgan fingerprint density at radius 1 is 1.29 bits per heavy atom. The number of ether oxygens (including phenoxy) is 2.